The standard InChI is InChI=1S/C13H20N4O3/c1-5-14-12(20)9-6-7-10(16-15-9)17(8-11(18)19)13(2,3)4/h6-7H,5,8H2,1-4H3,(H,14,20)(H,18,19). The number of rotatable bonds is 5. The first-order valence-electron chi connectivity index (χ1n) is 6.37. The van der Waals surface area contributed by atoms with Crippen molar-refractivity contribution in [3.8, 4) is 0 Å². The van der Waals surface area contributed by atoms with Crippen molar-refractivity contribution in [2.75, 3.05) is 18.0 Å². The number of carbonyl (C=O) groups excluding carboxylic acids is 1. The van der Waals surface area contributed by atoms with Crippen LogP contribution in [-0.2, 0) is 4.79 Å². The summed E-state index contributed by atoms with van der Waals surface area (Å²) in [6.45, 7) is 7.79. The minimum absolute atomic E-state index is 0.182. The maximum Gasteiger partial charge on any atom is 0.323 e. The van der Waals surface area contributed by atoms with Crippen LogP contribution in [0.2, 0.25) is 0 Å². The molecule has 0 saturated carbocycles. The number of carbonyl (C=O) groups is 2. The average Bonchev–Trinajstić information content (AvgIpc) is 2.35. The number of anilines is 1. The van der Waals surface area contributed by atoms with Crippen LogP contribution in [0.3, 0.4) is 0 Å². The average molecular weight is 280 g/mol. The van der Waals surface area contributed by atoms with Gasteiger partial charge in [0.2, 0.25) is 0 Å². The van der Waals surface area contributed by atoms with Gasteiger partial charge in [-0.2, -0.15) is 0 Å². The molecule has 0 aromatic carbocycles. The van der Waals surface area contributed by atoms with Crippen LogP contribution in [0.25, 0.3) is 0 Å². The molecule has 1 rings (SSSR count). The van der Waals surface area contributed by atoms with Crippen LogP contribution < -0.4 is 10.2 Å². The van der Waals surface area contributed by atoms with Gasteiger partial charge in [-0.25, -0.2) is 0 Å². The normalized spacial score (nSPS) is 11.0. The molecule has 0 fully saturated rings. The summed E-state index contributed by atoms with van der Waals surface area (Å²) in [6.07, 6.45) is 0. The van der Waals surface area contributed by atoms with Gasteiger partial charge in [0.05, 0.1) is 0 Å². The van der Waals surface area contributed by atoms with Crippen LogP contribution in [0.1, 0.15) is 38.2 Å². The molecule has 0 saturated heterocycles. The predicted octanol–water partition coefficient (Wildman–Crippen LogP) is 0.916. The zero-order valence-corrected chi connectivity index (χ0v) is 12.2. The van der Waals surface area contributed by atoms with Gasteiger partial charge in [-0.05, 0) is 39.8 Å². The molecule has 1 heterocycles. The highest BCUT2D eigenvalue weighted by molar-refractivity contribution is 5.92. The lowest BCUT2D eigenvalue weighted by Gasteiger charge is -2.34. The number of carboxylic acids is 1. The first-order chi connectivity index (χ1) is 9.25. The molecule has 1 amide bonds. The van der Waals surface area contributed by atoms with Crippen LogP contribution in [-0.4, -0.2) is 45.8 Å². The van der Waals surface area contributed by atoms with Gasteiger partial charge < -0.3 is 15.3 Å². The zero-order chi connectivity index (χ0) is 15.3. The van der Waals surface area contributed by atoms with Crippen molar-refractivity contribution in [1.29, 1.82) is 0 Å². The maximum absolute atomic E-state index is 11.6. The number of hydrogen-bond acceptors (Lipinski definition) is 5. The first kappa shape index (κ1) is 15.9. The Labute approximate surface area is 118 Å². The Hall–Kier alpha value is -2.18. The van der Waals surface area contributed by atoms with E-state index in [1.807, 2.05) is 27.7 Å². The van der Waals surface area contributed by atoms with Gasteiger partial charge in [-0.15, -0.1) is 10.2 Å². The summed E-state index contributed by atoms with van der Waals surface area (Å²) in [6, 6.07) is 3.14. The van der Waals surface area contributed by atoms with Gasteiger partial charge in [-0.3, -0.25) is 9.59 Å². The van der Waals surface area contributed by atoms with Crippen molar-refractivity contribution in [3.63, 3.8) is 0 Å². The van der Waals surface area contributed by atoms with Gasteiger partial charge in [0.15, 0.2) is 11.5 Å². The Kier molecular flexibility index (Phi) is 5.01. The van der Waals surface area contributed by atoms with E-state index in [0.717, 1.165) is 0 Å². The van der Waals surface area contributed by atoms with E-state index in [0.29, 0.717) is 12.4 Å². The van der Waals surface area contributed by atoms with Gasteiger partial charge in [0.25, 0.3) is 5.91 Å². The lowest BCUT2D eigenvalue weighted by molar-refractivity contribution is -0.135. The topological polar surface area (TPSA) is 95.4 Å². The lowest BCUT2D eigenvalue weighted by atomic mass is 10.1. The van der Waals surface area contributed by atoms with E-state index in [1.54, 1.807) is 11.0 Å². The second-order valence-electron chi connectivity index (χ2n) is 5.29. The largest absolute Gasteiger partial charge is 0.480 e. The van der Waals surface area contributed by atoms with Crippen molar-refractivity contribution >= 4 is 17.7 Å². The third-order valence-corrected chi connectivity index (χ3v) is 2.60. The Balaban J connectivity index is 2.99. The zero-order valence-electron chi connectivity index (χ0n) is 12.2. The first-order valence-corrected chi connectivity index (χ1v) is 6.37. The third-order valence-electron chi connectivity index (χ3n) is 2.60. The molecule has 0 aliphatic rings. The van der Waals surface area contributed by atoms with E-state index >= 15 is 0 Å². The number of hydrogen-bond donors (Lipinski definition) is 2. The van der Waals surface area contributed by atoms with E-state index < -0.39 is 11.5 Å². The minimum Gasteiger partial charge on any atom is -0.480 e. The Morgan fingerprint density at radius 3 is 2.35 bits per heavy atom. The van der Waals surface area contributed by atoms with Crippen LogP contribution >= 0.6 is 0 Å². The molecule has 0 bridgehead atoms. The molecule has 110 valence electrons. The molecule has 0 aliphatic carbocycles. The molecule has 0 atom stereocenters. The maximum atomic E-state index is 11.6. The monoisotopic (exact) mass is 280 g/mol. The summed E-state index contributed by atoms with van der Waals surface area (Å²) in [4.78, 5) is 24.1. The molecule has 0 radical (unpaired) electrons. The molecular formula is C13H20N4O3. The van der Waals surface area contributed by atoms with Crippen molar-refractivity contribution in [1.82, 2.24) is 15.5 Å². The van der Waals surface area contributed by atoms with Crippen LogP contribution in [0.4, 0.5) is 5.82 Å². The summed E-state index contributed by atoms with van der Waals surface area (Å²) in [5.74, 6) is -0.824. The highest BCUT2D eigenvalue weighted by Crippen LogP contribution is 2.20. The number of nitrogens with one attached hydrogen (secondary N) is 1. The summed E-state index contributed by atoms with van der Waals surface area (Å²) in [5.41, 5.74) is -0.208. The molecule has 7 nitrogen and oxygen atoms in total. The minimum atomic E-state index is -0.950. The number of nitrogens with zero attached hydrogens (tertiary/aromatic N) is 3. The molecule has 0 aliphatic heterocycles. The fraction of sp³-hybridized carbons (Fsp3) is 0.538. The molecule has 20 heavy (non-hydrogen) atoms. The molecular weight excluding hydrogens is 260 g/mol. The third kappa shape index (κ3) is 4.18. The predicted molar refractivity (Wildman–Crippen MR) is 74.8 cm³/mol. The molecule has 0 unspecified atom stereocenters. The van der Waals surface area contributed by atoms with Crippen LogP contribution in [0.5, 0.6) is 0 Å². The second kappa shape index (κ2) is 6.31. The molecule has 0 spiro atoms. The summed E-state index contributed by atoms with van der Waals surface area (Å²) in [5, 5.41) is 19.4. The van der Waals surface area contributed by atoms with Crippen LogP contribution in [0.15, 0.2) is 12.1 Å². The van der Waals surface area contributed by atoms with E-state index in [-0.39, 0.29) is 18.1 Å². The van der Waals surface area contributed by atoms with E-state index in [2.05, 4.69) is 15.5 Å². The quantitative estimate of drug-likeness (QED) is 0.832. The molecule has 2 N–H and O–H groups in total. The molecule has 1 aromatic heterocycles. The number of amides is 1. The Bertz CT molecular complexity index is 479. The number of aliphatic carboxylic acids is 1. The number of aromatic nitrogens is 2. The van der Waals surface area contributed by atoms with E-state index in [4.69, 9.17) is 5.11 Å². The molecule has 1 aromatic rings. The van der Waals surface area contributed by atoms with Gasteiger partial charge in [0, 0.05) is 12.1 Å². The summed E-state index contributed by atoms with van der Waals surface area (Å²) < 4.78 is 0. The van der Waals surface area contributed by atoms with Crippen molar-refractivity contribution in [2.24, 2.45) is 0 Å². The second-order valence-corrected chi connectivity index (χ2v) is 5.29. The van der Waals surface area contributed by atoms with Crippen molar-refractivity contribution < 1.29 is 14.7 Å². The van der Waals surface area contributed by atoms with Crippen molar-refractivity contribution in [2.45, 2.75) is 33.2 Å². The van der Waals surface area contributed by atoms with Gasteiger partial charge >= 0.3 is 5.97 Å². The highest BCUT2D eigenvalue weighted by Gasteiger charge is 2.25. The fourth-order valence-electron chi connectivity index (χ4n) is 1.64. The lowest BCUT2D eigenvalue weighted by Crippen LogP contribution is -2.45. The SMILES string of the molecule is CCNC(=O)c1ccc(N(CC(=O)O)C(C)(C)C)nn1. The van der Waals surface area contributed by atoms with Gasteiger partial charge in [-0.1, -0.05) is 0 Å². The highest BCUT2D eigenvalue weighted by atomic mass is 16.4. The Morgan fingerprint density at radius 1 is 1.30 bits per heavy atom. The smallest absolute Gasteiger partial charge is 0.323 e. The van der Waals surface area contributed by atoms with Crippen molar-refractivity contribution in [3.05, 3.63) is 17.8 Å². The van der Waals surface area contributed by atoms with Gasteiger partial charge in [0.1, 0.15) is 6.54 Å². The van der Waals surface area contributed by atoms with Crippen LogP contribution in [0, 0.1) is 0 Å². The fourth-order valence-corrected chi connectivity index (χ4v) is 1.64. The van der Waals surface area contributed by atoms with E-state index in [1.165, 1.54) is 6.07 Å². The summed E-state index contributed by atoms with van der Waals surface area (Å²) in [7, 11) is 0. The number of carboxylic acid groups (broad SMARTS) is 1. The van der Waals surface area contributed by atoms with E-state index in [9.17, 15) is 9.59 Å². The molecule has 7 heteroatoms. The Morgan fingerprint density at radius 2 is 1.95 bits per heavy atom. The summed E-state index contributed by atoms with van der Waals surface area (Å²) >= 11 is 0.